The van der Waals surface area contributed by atoms with Crippen LogP contribution in [0.25, 0.3) is 4.13 Å². The number of allylic oxidation sites excluding steroid dienone is 1. The first kappa shape index (κ1) is 22.4. The predicted molar refractivity (Wildman–Crippen MR) is 69.1 cm³/mol. The topological polar surface area (TPSA) is 91.2 Å². The third-order valence-corrected chi connectivity index (χ3v) is 4.68. The van der Waals surface area contributed by atoms with Crippen molar-refractivity contribution >= 4 is 20.0 Å². The van der Waals surface area contributed by atoms with Crippen molar-refractivity contribution in [1.29, 1.82) is 0 Å². The minimum Gasteiger partial charge on any atom is -0.421 e. The van der Waals surface area contributed by atoms with E-state index in [2.05, 4.69) is 11.1 Å². The molecule has 1 heterocycles. The molecule has 0 aliphatic rings. The summed E-state index contributed by atoms with van der Waals surface area (Å²) >= 11 is 0. The Bertz CT molecular complexity index is 722. The molecule has 0 fully saturated rings. The van der Waals surface area contributed by atoms with E-state index in [1.165, 1.54) is 0 Å². The normalized spacial score (nSPS) is 13.1. The number of rotatable bonds is 4. The van der Waals surface area contributed by atoms with E-state index in [-0.39, 0.29) is 0 Å². The van der Waals surface area contributed by atoms with Crippen LogP contribution in [0.2, 0.25) is 0 Å². The van der Waals surface area contributed by atoms with Crippen molar-refractivity contribution in [3.05, 3.63) is 35.5 Å². The molecule has 140 valence electrons. The summed E-state index contributed by atoms with van der Waals surface area (Å²) in [4.78, 5) is 0. The Balaban J connectivity index is 0.000000496. The molecule has 24 heavy (non-hydrogen) atoms. The van der Waals surface area contributed by atoms with Gasteiger partial charge in [0.15, 0.2) is 20.0 Å². The molecule has 0 atom stereocenters. The first-order valence-corrected chi connectivity index (χ1v) is 8.40. The molecule has 0 bridgehead atoms. The highest BCUT2D eigenvalue weighted by Crippen LogP contribution is 2.36. The van der Waals surface area contributed by atoms with E-state index in [4.69, 9.17) is 0 Å². The molecular weight excluding hydrogens is 392 g/mol. The van der Waals surface area contributed by atoms with E-state index < -0.39 is 31.1 Å². The molecule has 0 radical (unpaired) electrons. The van der Waals surface area contributed by atoms with E-state index in [1.807, 2.05) is 36.4 Å². The highest BCUT2D eigenvalue weighted by atomic mass is 32.3. The van der Waals surface area contributed by atoms with Crippen molar-refractivity contribution in [2.24, 2.45) is 7.05 Å². The summed E-state index contributed by atoms with van der Waals surface area (Å²) in [5.74, 6) is 0. The zero-order valence-electron chi connectivity index (χ0n) is 11.8. The van der Waals surface area contributed by atoms with Gasteiger partial charge in [-0.15, -0.1) is 0 Å². The van der Waals surface area contributed by atoms with Gasteiger partial charge >= 0.3 is 11.0 Å². The number of sulfonamides is 2. The SMILES string of the molecule is C=CCn1cc[n+](C)c1.O=S(=O)([N-]S(=O)(=O)C(F)(F)F)C(F)(F)F. The van der Waals surface area contributed by atoms with Crippen LogP contribution in [0.5, 0.6) is 0 Å². The third kappa shape index (κ3) is 6.48. The van der Waals surface area contributed by atoms with E-state index in [9.17, 15) is 43.2 Å². The van der Waals surface area contributed by atoms with Crippen molar-refractivity contribution in [3.63, 3.8) is 0 Å². The Hall–Kier alpha value is -1.61. The van der Waals surface area contributed by atoms with Crippen LogP contribution in [-0.2, 0) is 33.6 Å². The number of nitrogens with zero attached hydrogens (tertiary/aromatic N) is 3. The maximum absolute atomic E-state index is 11.4. The van der Waals surface area contributed by atoms with Crippen LogP contribution < -0.4 is 4.57 Å². The van der Waals surface area contributed by atoms with Gasteiger partial charge in [-0.3, -0.25) is 0 Å². The predicted octanol–water partition coefficient (Wildman–Crippen LogP) is 1.56. The van der Waals surface area contributed by atoms with Crippen LogP contribution >= 0.6 is 0 Å². The fourth-order valence-corrected chi connectivity index (χ4v) is 2.68. The third-order valence-electron chi connectivity index (χ3n) is 1.94. The molecule has 0 unspecified atom stereocenters. The molecule has 0 aromatic carbocycles. The van der Waals surface area contributed by atoms with Crippen molar-refractivity contribution in [1.82, 2.24) is 4.57 Å². The van der Waals surface area contributed by atoms with Crippen LogP contribution in [0.15, 0.2) is 31.4 Å². The Kier molecular flexibility index (Phi) is 7.01. The van der Waals surface area contributed by atoms with Crippen LogP contribution in [0.3, 0.4) is 0 Å². The molecule has 0 amide bonds. The number of aromatic nitrogens is 2. The first-order chi connectivity index (χ1) is 10.5. The van der Waals surface area contributed by atoms with Gasteiger partial charge in [0.1, 0.15) is 18.9 Å². The van der Waals surface area contributed by atoms with E-state index in [0.717, 1.165) is 10.7 Å². The number of hydrogen-bond acceptors (Lipinski definition) is 4. The van der Waals surface area contributed by atoms with Gasteiger partial charge in [0, 0.05) is 0 Å². The molecule has 7 nitrogen and oxygen atoms in total. The molecule has 0 saturated heterocycles. The highest BCUT2D eigenvalue weighted by Gasteiger charge is 2.46. The summed E-state index contributed by atoms with van der Waals surface area (Å²) in [5, 5.41) is 0. The minimum atomic E-state index is -6.72. The molecule has 1 aromatic rings. The standard InChI is InChI=1S/C7H11N2.C2F6NO4S2/c1-3-4-9-6-5-8(2)7-9;3-1(4,5)14(10,11)9-15(12,13)2(6,7)8/h3,5-7H,1,4H2,2H3;/q+1;-1. The maximum Gasteiger partial charge on any atom is 0.480 e. The van der Waals surface area contributed by atoms with Crippen LogP contribution in [0, 0.1) is 0 Å². The maximum atomic E-state index is 11.4. The van der Waals surface area contributed by atoms with Gasteiger partial charge in [-0.05, 0) is 0 Å². The number of aryl methyl sites for hydroxylation is 1. The Morgan fingerprint density at radius 3 is 1.75 bits per heavy atom. The summed E-state index contributed by atoms with van der Waals surface area (Å²) < 4.78 is 113. The summed E-state index contributed by atoms with van der Waals surface area (Å²) in [5.41, 5.74) is -12.4. The lowest BCUT2D eigenvalue weighted by molar-refractivity contribution is -0.671. The zero-order chi connectivity index (χ0) is 19.4. The molecule has 0 saturated carbocycles. The van der Waals surface area contributed by atoms with Crippen molar-refractivity contribution in [2.75, 3.05) is 0 Å². The van der Waals surface area contributed by atoms with Crippen molar-refractivity contribution in [2.45, 2.75) is 17.6 Å². The van der Waals surface area contributed by atoms with E-state index in [0.29, 0.717) is 0 Å². The second-order valence-corrected chi connectivity index (χ2v) is 7.40. The average molecular weight is 403 g/mol. The van der Waals surface area contributed by atoms with Gasteiger partial charge in [-0.2, -0.15) is 26.3 Å². The minimum absolute atomic E-state index is 0.778. The van der Waals surface area contributed by atoms with Crippen LogP contribution in [-0.4, -0.2) is 32.4 Å². The number of alkyl halides is 6. The van der Waals surface area contributed by atoms with Crippen molar-refractivity contribution < 1.29 is 47.7 Å². The van der Waals surface area contributed by atoms with Crippen molar-refractivity contribution in [3.8, 4) is 0 Å². The van der Waals surface area contributed by atoms with Crippen LogP contribution in [0.4, 0.5) is 26.3 Å². The monoisotopic (exact) mass is 403 g/mol. The fraction of sp³-hybridized carbons (Fsp3) is 0.444. The molecule has 0 spiro atoms. The number of halogens is 6. The van der Waals surface area contributed by atoms with Gasteiger partial charge in [0.05, 0.1) is 7.05 Å². The Morgan fingerprint density at radius 2 is 1.50 bits per heavy atom. The van der Waals surface area contributed by atoms with Gasteiger partial charge in [-0.25, -0.2) is 26.0 Å². The molecule has 15 heteroatoms. The van der Waals surface area contributed by atoms with E-state index in [1.54, 1.807) is 0 Å². The molecule has 0 N–H and O–H groups in total. The average Bonchev–Trinajstić information content (AvgIpc) is 2.72. The molecular formula is C9H11F6N3O4S2. The smallest absolute Gasteiger partial charge is 0.421 e. The lowest BCUT2D eigenvalue weighted by atomic mass is 10.6. The zero-order valence-corrected chi connectivity index (χ0v) is 13.4. The molecule has 1 rings (SSSR count). The summed E-state index contributed by atoms with van der Waals surface area (Å²) in [7, 11) is -11.4. The van der Waals surface area contributed by atoms with Gasteiger partial charge in [0.25, 0.3) is 0 Å². The first-order valence-electron chi connectivity index (χ1n) is 5.52. The van der Waals surface area contributed by atoms with Gasteiger partial charge < -0.3 is 4.13 Å². The van der Waals surface area contributed by atoms with Gasteiger partial charge in [0.2, 0.25) is 6.33 Å². The van der Waals surface area contributed by atoms with Crippen LogP contribution in [0.1, 0.15) is 0 Å². The second kappa shape index (κ2) is 7.52. The highest BCUT2D eigenvalue weighted by molar-refractivity contribution is 8.13. The summed E-state index contributed by atoms with van der Waals surface area (Å²) in [6, 6.07) is 0. The Labute approximate surface area is 133 Å². The number of imidazole rings is 1. The quantitative estimate of drug-likeness (QED) is 0.433. The summed E-state index contributed by atoms with van der Waals surface area (Å²) in [6.07, 6.45) is 7.91. The lowest BCUT2D eigenvalue weighted by Crippen LogP contribution is -2.30. The number of hydrogen-bond donors (Lipinski definition) is 0. The molecule has 1 aromatic heterocycles. The Morgan fingerprint density at radius 1 is 1.08 bits per heavy atom. The van der Waals surface area contributed by atoms with E-state index >= 15 is 0 Å². The summed E-state index contributed by atoms with van der Waals surface area (Å²) in [6.45, 7) is 4.52. The molecule has 0 aliphatic carbocycles. The molecule has 0 aliphatic heterocycles. The van der Waals surface area contributed by atoms with Gasteiger partial charge in [-0.1, -0.05) is 12.7 Å². The fourth-order valence-electron chi connectivity index (χ4n) is 0.972. The lowest BCUT2D eigenvalue weighted by Gasteiger charge is -2.22. The largest absolute Gasteiger partial charge is 0.480 e. The second-order valence-electron chi connectivity index (χ2n) is 3.98.